The van der Waals surface area contributed by atoms with Gasteiger partial charge in [0.2, 0.25) is 5.91 Å². The maximum atomic E-state index is 12.3. The fourth-order valence-corrected chi connectivity index (χ4v) is 2.38. The fourth-order valence-electron chi connectivity index (χ4n) is 2.38. The molecule has 0 atom stereocenters. The molecular formula is C14H15N7O3. The highest BCUT2D eigenvalue weighted by Crippen LogP contribution is 2.07. The van der Waals surface area contributed by atoms with Gasteiger partial charge >= 0.3 is 5.69 Å². The number of imidazole rings is 1. The van der Waals surface area contributed by atoms with Crippen molar-refractivity contribution in [3.63, 3.8) is 0 Å². The number of fused-ring (bicyclic) bond motifs is 1. The number of carbonyl (C=O) groups excluding carboxylic acids is 1. The molecule has 3 aromatic heterocycles. The third kappa shape index (κ3) is 2.57. The van der Waals surface area contributed by atoms with Crippen LogP contribution in [0.3, 0.4) is 0 Å². The number of carbonyl (C=O) groups is 1. The Balaban J connectivity index is 1.95. The van der Waals surface area contributed by atoms with Crippen molar-refractivity contribution >= 4 is 22.9 Å². The van der Waals surface area contributed by atoms with Crippen molar-refractivity contribution in [2.45, 2.75) is 13.5 Å². The number of nitrogens with one attached hydrogen (secondary N) is 1. The second-order valence-electron chi connectivity index (χ2n) is 5.29. The highest BCUT2D eigenvalue weighted by molar-refractivity contribution is 5.90. The smallest absolute Gasteiger partial charge is 0.315 e. The number of amides is 1. The van der Waals surface area contributed by atoms with Crippen molar-refractivity contribution in [3.05, 3.63) is 45.3 Å². The number of rotatable bonds is 3. The van der Waals surface area contributed by atoms with E-state index in [1.807, 2.05) is 0 Å². The summed E-state index contributed by atoms with van der Waals surface area (Å²) in [5, 5.41) is 2.63. The molecule has 1 N–H and O–H groups in total. The van der Waals surface area contributed by atoms with E-state index in [0.717, 1.165) is 4.57 Å². The molecule has 10 heteroatoms. The molecule has 0 aromatic carbocycles. The summed E-state index contributed by atoms with van der Waals surface area (Å²) in [6, 6.07) is 1.57. The van der Waals surface area contributed by atoms with E-state index in [1.165, 1.54) is 35.8 Å². The van der Waals surface area contributed by atoms with Crippen LogP contribution in [0.4, 0.5) is 5.82 Å². The Morgan fingerprint density at radius 2 is 1.96 bits per heavy atom. The van der Waals surface area contributed by atoms with Crippen molar-refractivity contribution in [2.75, 3.05) is 5.32 Å². The lowest BCUT2D eigenvalue weighted by molar-refractivity contribution is -0.116. The molecule has 24 heavy (non-hydrogen) atoms. The van der Waals surface area contributed by atoms with Gasteiger partial charge in [0, 0.05) is 20.3 Å². The highest BCUT2D eigenvalue weighted by atomic mass is 16.2. The third-order valence-electron chi connectivity index (χ3n) is 3.57. The first-order chi connectivity index (χ1) is 11.4. The fraction of sp³-hybridized carbons (Fsp3) is 0.286. The van der Waals surface area contributed by atoms with Gasteiger partial charge in [0.05, 0.1) is 6.33 Å². The standard InChI is InChI=1S/C14H15N7O3/c1-8-15-5-4-9(17-8)18-10(22)6-21-7-16-12-11(21)13(23)20(3)14(24)19(12)2/h4-5,7H,6H2,1-3H3,(H,15,17,18,22). The second kappa shape index (κ2) is 5.72. The van der Waals surface area contributed by atoms with Crippen molar-refractivity contribution in [1.82, 2.24) is 28.7 Å². The van der Waals surface area contributed by atoms with Crippen molar-refractivity contribution in [1.29, 1.82) is 0 Å². The predicted molar refractivity (Wildman–Crippen MR) is 85.6 cm³/mol. The average molecular weight is 329 g/mol. The lowest BCUT2D eigenvalue weighted by Gasteiger charge is -2.07. The normalized spacial score (nSPS) is 11.0. The van der Waals surface area contributed by atoms with E-state index in [9.17, 15) is 14.4 Å². The maximum absolute atomic E-state index is 12.3. The molecule has 3 heterocycles. The van der Waals surface area contributed by atoms with Gasteiger partial charge in [0.25, 0.3) is 5.56 Å². The molecule has 3 aromatic rings. The number of hydrogen-bond donors (Lipinski definition) is 1. The van der Waals surface area contributed by atoms with Crippen molar-refractivity contribution < 1.29 is 4.79 Å². The van der Waals surface area contributed by atoms with E-state index >= 15 is 0 Å². The van der Waals surface area contributed by atoms with Gasteiger partial charge in [0.15, 0.2) is 11.2 Å². The van der Waals surface area contributed by atoms with E-state index in [4.69, 9.17) is 0 Å². The first-order valence-electron chi connectivity index (χ1n) is 7.09. The molecule has 0 saturated carbocycles. The van der Waals surface area contributed by atoms with E-state index in [0.29, 0.717) is 11.6 Å². The summed E-state index contributed by atoms with van der Waals surface area (Å²) in [4.78, 5) is 48.5. The van der Waals surface area contributed by atoms with Crippen LogP contribution in [0.15, 0.2) is 28.2 Å². The minimum Gasteiger partial charge on any atom is -0.315 e. The van der Waals surface area contributed by atoms with Crippen LogP contribution in [-0.2, 0) is 25.4 Å². The Morgan fingerprint density at radius 1 is 1.21 bits per heavy atom. The molecule has 124 valence electrons. The van der Waals surface area contributed by atoms with Crippen LogP contribution >= 0.6 is 0 Å². The number of aromatic nitrogens is 6. The predicted octanol–water partition coefficient (Wildman–Crippen LogP) is -0.829. The Bertz CT molecular complexity index is 1060. The molecule has 0 aliphatic rings. The van der Waals surface area contributed by atoms with E-state index in [2.05, 4.69) is 20.3 Å². The summed E-state index contributed by atoms with van der Waals surface area (Å²) in [5.41, 5.74) is -0.558. The van der Waals surface area contributed by atoms with E-state index < -0.39 is 11.2 Å². The lowest BCUT2D eigenvalue weighted by atomic mass is 10.4. The Morgan fingerprint density at radius 3 is 2.67 bits per heavy atom. The molecule has 0 aliphatic heterocycles. The summed E-state index contributed by atoms with van der Waals surface area (Å²) >= 11 is 0. The summed E-state index contributed by atoms with van der Waals surface area (Å²) in [6.45, 7) is 1.58. The Kier molecular flexibility index (Phi) is 3.72. The molecule has 0 spiro atoms. The van der Waals surface area contributed by atoms with E-state index in [-0.39, 0.29) is 23.6 Å². The summed E-state index contributed by atoms with van der Waals surface area (Å²) in [5.74, 6) is 0.533. The minimum atomic E-state index is -0.503. The quantitative estimate of drug-likeness (QED) is 0.670. The molecule has 3 rings (SSSR count). The number of anilines is 1. The van der Waals surface area contributed by atoms with Gasteiger partial charge in [-0.1, -0.05) is 0 Å². The van der Waals surface area contributed by atoms with Crippen molar-refractivity contribution in [3.8, 4) is 0 Å². The lowest BCUT2D eigenvalue weighted by Crippen LogP contribution is -2.37. The summed E-state index contributed by atoms with van der Waals surface area (Å²) in [7, 11) is 2.90. The number of aryl methyl sites for hydroxylation is 2. The molecule has 1 amide bonds. The van der Waals surface area contributed by atoms with Crippen LogP contribution in [-0.4, -0.2) is 34.6 Å². The molecule has 0 aliphatic carbocycles. The highest BCUT2D eigenvalue weighted by Gasteiger charge is 2.16. The third-order valence-corrected chi connectivity index (χ3v) is 3.57. The molecule has 0 radical (unpaired) electrons. The largest absolute Gasteiger partial charge is 0.332 e. The number of nitrogens with zero attached hydrogens (tertiary/aromatic N) is 6. The topological polar surface area (TPSA) is 117 Å². The molecular weight excluding hydrogens is 314 g/mol. The van der Waals surface area contributed by atoms with Gasteiger partial charge in [-0.2, -0.15) is 0 Å². The van der Waals surface area contributed by atoms with Crippen LogP contribution in [0.25, 0.3) is 11.2 Å². The zero-order valence-corrected chi connectivity index (χ0v) is 13.3. The number of hydrogen-bond acceptors (Lipinski definition) is 6. The SMILES string of the molecule is Cc1nccc(NC(=O)Cn2cnc3c2c(=O)n(C)c(=O)n3C)n1. The molecule has 10 nitrogen and oxygen atoms in total. The monoisotopic (exact) mass is 329 g/mol. The van der Waals surface area contributed by atoms with Crippen LogP contribution in [0.5, 0.6) is 0 Å². The summed E-state index contributed by atoms with van der Waals surface area (Å²) < 4.78 is 3.64. The van der Waals surface area contributed by atoms with Gasteiger partial charge in [-0.25, -0.2) is 19.7 Å². The van der Waals surface area contributed by atoms with Crippen LogP contribution in [0, 0.1) is 6.92 Å². The maximum Gasteiger partial charge on any atom is 0.332 e. The van der Waals surface area contributed by atoms with Gasteiger partial charge < -0.3 is 9.88 Å². The average Bonchev–Trinajstić information content (AvgIpc) is 2.94. The second-order valence-corrected chi connectivity index (χ2v) is 5.29. The zero-order chi connectivity index (χ0) is 17.4. The molecule has 0 fully saturated rings. The summed E-state index contributed by atoms with van der Waals surface area (Å²) in [6.07, 6.45) is 2.90. The van der Waals surface area contributed by atoms with Gasteiger partial charge in [-0.3, -0.25) is 18.7 Å². The van der Waals surface area contributed by atoms with Crippen LogP contribution in [0.2, 0.25) is 0 Å². The zero-order valence-electron chi connectivity index (χ0n) is 13.3. The minimum absolute atomic E-state index is 0.132. The van der Waals surface area contributed by atoms with Gasteiger partial charge in [0.1, 0.15) is 18.2 Å². The molecule has 0 bridgehead atoms. The van der Waals surface area contributed by atoms with Gasteiger partial charge in [-0.15, -0.1) is 0 Å². The van der Waals surface area contributed by atoms with Gasteiger partial charge in [-0.05, 0) is 13.0 Å². The first kappa shape index (κ1) is 15.6. The first-order valence-corrected chi connectivity index (χ1v) is 7.09. The Hall–Kier alpha value is -3.30. The van der Waals surface area contributed by atoms with Crippen LogP contribution < -0.4 is 16.6 Å². The van der Waals surface area contributed by atoms with Crippen molar-refractivity contribution in [2.24, 2.45) is 14.1 Å². The molecule has 0 unspecified atom stereocenters. The molecule has 0 saturated heterocycles. The van der Waals surface area contributed by atoms with Crippen LogP contribution in [0.1, 0.15) is 5.82 Å². The van der Waals surface area contributed by atoms with E-state index in [1.54, 1.807) is 13.0 Å². The Labute approximate surface area is 135 Å².